The summed E-state index contributed by atoms with van der Waals surface area (Å²) in [7, 11) is 0. The van der Waals surface area contributed by atoms with Gasteiger partial charge in [-0.1, -0.05) is 13.0 Å². The van der Waals surface area contributed by atoms with Crippen LogP contribution in [0.5, 0.6) is 0 Å². The van der Waals surface area contributed by atoms with E-state index in [1.165, 1.54) is 27.7 Å². The van der Waals surface area contributed by atoms with Crippen LogP contribution in [0.25, 0.3) is 0 Å². The Kier molecular flexibility index (Phi) is 5.22. The van der Waals surface area contributed by atoms with E-state index < -0.39 is 47.5 Å². The predicted octanol–water partition coefficient (Wildman–Crippen LogP) is 4.32. The highest BCUT2D eigenvalue weighted by Gasteiger charge is 2.38. The maximum absolute atomic E-state index is 13.1. The van der Waals surface area contributed by atoms with Crippen LogP contribution in [0.15, 0.2) is 41.2 Å². The number of alkyl halides is 6. The molecule has 0 N–H and O–H groups in total. The molecule has 1 aliphatic heterocycles. The van der Waals surface area contributed by atoms with Gasteiger partial charge in [0.05, 0.1) is 17.2 Å². The summed E-state index contributed by atoms with van der Waals surface area (Å²) < 4.78 is 79.8. The number of rotatable bonds is 3. The number of amides is 1. The molecule has 3 rings (SSSR count). The van der Waals surface area contributed by atoms with Crippen molar-refractivity contribution >= 4 is 5.91 Å². The Labute approximate surface area is 161 Å². The molecule has 0 saturated heterocycles. The molecule has 10 heteroatoms. The van der Waals surface area contributed by atoms with Crippen LogP contribution in [-0.4, -0.2) is 21.4 Å². The van der Waals surface area contributed by atoms with Crippen molar-refractivity contribution in [2.24, 2.45) is 0 Å². The number of halogens is 6. The Hall–Kier alpha value is -2.78. The van der Waals surface area contributed by atoms with Gasteiger partial charge in [0.15, 0.2) is 0 Å². The van der Waals surface area contributed by atoms with Crippen LogP contribution in [0.3, 0.4) is 0 Å². The molecule has 0 saturated carbocycles. The zero-order chi connectivity index (χ0) is 21.6. The van der Waals surface area contributed by atoms with Gasteiger partial charge in [-0.05, 0) is 36.2 Å². The SMILES string of the molecule is CCC1Cn2c(cccc2=O)C(=O)N1Cc1cc(C(F)(F)F)cc(C(F)(F)F)c1. The molecule has 1 aromatic heterocycles. The van der Waals surface area contributed by atoms with Gasteiger partial charge in [-0.3, -0.25) is 9.59 Å². The van der Waals surface area contributed by atoms with E-state index in [4.69, 9.17) is 0 Å². The summed E-state index contributed by atoms with van der Waals surface area (Å²) in [4.78, 5) is 26.0. The summed E-state index contributed by atoms with van der Waals surface area (Å²) in [5.74, 6) is -0.619. The largest absolute Gasteiger partial charge is 0.416 e. The maximum Gasteiger partial charge on any atom is 0.416 e. The second-order valence-corrected chi connectivity index (χ2v) is 6.77. The first-order valence-electron chi connectivity index (χ1n) is 8.71. The van der Waals surface area contributed by atoms with Crippen molar-refractivity contribution in [2.75, 3.05) is 0 Å². The molecular formula is C19H16F6N2O2. The molecule has 0 spiro atoms. The van der Waals surface area contributed by atoms with Crippen LogP contribution >= 0.6 is 0 Å². The van der Waals surface area contributed by atoms with Crippen molar-refractivity contribution in [3.05, 3.63) is 69.1 Å². The molecular weight excluding hydrogens is 402 g/mol. The highest BCUT2D eigenvalue weighted by Crippen LogP contribution is 2.37. The van der Waals surface area contributed by atoms with Crippen LogP contribution in [-0.2, 0) is 25.4 Å². The molecule has 29 heavy (non-hydrogen) atoms. The standard InChI is InChI=1S/C19H16F6N2O2/c1-2-14-10-27-15(4-3-5-16(27)28)17(29)26(14)9-11-6-12(18(20,21)22)8-13(7-11)19(23,24)25/h3-8,14H,2,9-10H2,1H3. The maximum atomic E-state index is 13.1. The Balaban J connectivity index is 2.04. The smallest absolute Gasteiger partial charge is 0.328 e. The Morgan fingerprint density at radius 3 is 2.07 bits per heavy atom. The van der Waals surface area contributed by atoms with Crippen LogP contribution in [0.1, 0.15) is 40.5 Å². The third kappa shape index (κ3) is 4.15. The summed E-state index contributed by atoms with van der Waals surface area (Å²) in [5, 5.41) is 0. The van der Waals surface area contributed by atoms with Gasteiger partial charge in [0, 0.05) is 19.2 Å². The van der Waals surface area contributed by atoms with Crippen molar-refractivity contribution in [3.63, 3.8) is 0 Å². The highest BCUT2D eigenvalue weighted by atomic mass is 19.4. The van der Waals surface area contributed by atoms with Crippen LogP contribution < -0.4 is 5.56 Å². The van der Waals surface area contributed by atoms with Crippen LogP contribution in [0, 0.1) is 0 Å². The van der Waals surface area contributed by atoms with Gasteiger partial charge in [-0.15, -0.1) is 0 Å². The molecule has 1 aliphatic rings. The van der Waals surface area contributed by atoms with E-state index in [0.717, 1.165) is 0 Å². The second kappa shape index (κ2) is 7.23. The summed E-state index contributed by atoms with van der Waals surface area (Å²) in [6, 6.07) is 4.79. The average Bonchev–Trinajstić information content (AvgIpc) is 2.63. The number of hydrogen-bond donors (Lipinski definition) is 0. The lowest BCUT2D eigenvalue weighted by Gasteiger charge is -2.37. The summed E-state index contributed by atoms with van der Waals surface area (Å²) in [6.45, 7) is 1.40. The monoisotopic (exact) mass is 418 g/mol. The number of benzene rings is 1. The lowest BCUT2D eigenvalue weighted by molar-refractivity contribution is -0.143. The molecule has 2 aromatic rings. The third-order valence-electron chi connectivity index (χ3n) is 4.84. The quantitative estimate of drug-likeness (QED) is 0.697. The number of hydrogen-bond acceptors (Lipinski definition) is 2. The highest BCUT2D eigenvalue weighted by molar-refractivity contribution is 5.93. The minimum absolute atomic E-state index is 0.0465. The van der Waals surface area contributed by atoms with Gasteiger partial charge in [-0.25, -0.2) is 0 Å². The van der Waals surface area contributed by atoms with Crippen molar-refractivity contribution in [1.29, 1.82) is 0 Å². The molecule has 4 nitrogen and oxygen atoms in total. The summed E-state index contributed by atoms with van der Waals surface area (Å²) >= 11 is 0. The minimum atomic E-state index is -4.97. The first-order chi connectivity index (χ1) is 13.4. The van der Waals surface area contributed by atoms with E-state index in [-0.39, 0.29) is 23.9 Å². The van der Waals surface area contributed by atoms with Gasteiger partial charge in [0.25, 0.3) is 11.5 Å². The van der Waals surface area contributed by atoms with Crippen molar-refractivity contribution in [2.45, 2.75) is 44.8 Å². The number of nitrogens with zero attached hydrogens (tertiary/aromatic N) is 2. The van der Waals surface area contributed by atoms with Crippen molar-refractivity contribution in [3.8, 4) is 0 Å². The molecule has 0 fully saturated rings. The number of aromatic nitrogens is 1. The lowest BCUT2D eigenvalue weighted by atomic mass is 10.0. The van der Waals surface area contributed by atoms with E-state index >= 15 is 0 Å². The molecule has 2 heterocycles. The molecule has 1 unspecified atom stereocenters. The van der Waals surface area contributed by atoms with Crippen molar-refractivity contribution < 1.29 is 31.1 Å². The van der Waals surface area contributed by atoms with E-state index in [1.54, 1.807) is 6.92 Å². The molecule has 1 atom stereocenters. The topological polar surface area (TPSA) is 42.3 Å². The predicted molar refractivity (Wildman–Crippen MR) is 91.1 cm³/mol. The molecule has 1 aromatic carbocycles. The van der Waals surface area contributed by atoms with Gasteiger partial charge < -0.3 is 9.47 Å². The van der Waals surface area contributed by atoms with Crippen LogP contribution in [0.4, 0.5) is 26.3 Å². The Bertz CT molecular complexity index is 961. The molecule has 156 valence electrons. The molecule has 0 bridgehead atoms. The zero-order valence-corrected chi connectivity index (χ0v) is 15.1. The fraction of sp³-hybridized carbons (Fsp3) is 0.368. The summed E-state index contributed by atoms with van der Waals surface area (Å²) in [5.41, 5.74) is -3.50. The lowest BCUT2D eigenvalue weighted by Crippen LogP contribution is -2.50. The molecule has 1 amide bonds. The van der Waals surface area contributed by atoms with E-state index in [0.29, 0.717) is 18.6 Å². The molecule has 0 radical (unpaired) electrons. The first kappa shape index (κ1) is 20.9. The third-order valence-corrected chi connectivity index (χ3v) is 4.84. The van der Waals surface area contributed by atoms with Gasteiger partial charge in [-0.2, -0.15) is 26.3 Å². The Morgan fingerprint density at radius 1 is 0.966 bits per heavy atom. The van der Waals surface area contributed by atoms with E-state index in [1.807, 2.05) is 0 Å². The van der Waals surface area contributed by atoms with Crippen molar-refractivity contribution in [1.82, 2.24) is 9.47 Å². The zero-order valence-electron chi connectivity index (χ0n) is 15.1. The van der Waals surface area contributed by atoms with Gasteiger partial charge in [0.1, 0.15) is 5.69 Å². The Morgan fingerprint density at radius 2 is 1.55 bits per heavy atom. The fourth-order valence-corrected chi connectivity index (χ4v) is 3.38. The van der Waals surface area contributed by atoms with Crippen LogP contribution in [0.2, 0.25) is 0 Å². The van der Waals surface area contributed by atoms with E-state index in [9.17, 15) is 35.9 Å². The van der Waals surface area contributed by atoms with Gasteiger partial charge >= 0.3 is 12.4 Å². The number of fused-ring (bicyclic) bond motifs is 1. The molecule has 0 aliphatic carbocycles. The van der Waals surface area contributed by atoms with E-state index in [2.05, 4.69) is 0 Å². The number of carbonyl (C=O) groups is 1. The van der Waals surface area contributed by atoms with Gasteiger partial charge in [0.2, 0.25) is 0 Å². The first-order valence-corrected chi connectivity index (χ1v) is 8.71. The fourth-order valence-electron chi connectivity index (χ4n) is 3.38. The average molecular weight is 418 g/mol. The number of carbonyl (C=O) groups excluding carboxylic acids is 1. The minimum Gasteiger partial charge on any atom is -0.328 e. The normalized spacial score (nSPS) is 17.4. The summed E-state index contributed by atoms with van der Waals surface area (Å²) in [6.07, 6.45) is -9.56. The number of pyridine rings is 1. The second-order valence-electron chi connectivity index (χ2n) is 6.77.